The first kappa shape index (κ1) is 22.4. The number of alkyl halides is 3. The van der Waals surface area contributed by atoms with Crippen LogP contribution in [0.1, 0.15) is 41.4 Å². The molecule has 2 heterocycles. The third kappa shape index (κ3) is 3.78. The molecule has 0 amide bonds. The molecule has 2 atom stereocenters. The molecule has 0 fully saturated rings. The van der Waals surface area contributed by atoms with Crippen molar-refractivity contribution in [2.45, 2.75) is 24.8 Å². The molecule has 0 unspecified atom stereocenters. The summed E-state index contributed by atoms with van der Waals surface area (Å²) in [6, 6.07) is 9.62. The van der Waals surface area contributed by atoms with Crippen LogP contribution < -0.4 is 9.47 Å². The van der Waals surface area contributed by atoms with Gasteiger partial charge in [0.2, 0.25) is 5.82 Å². The highest BCUT2D eigenvalue weighted by molar-refractivity contribution is 6.30. The lowest BCUT2D eigenvalue weighted by Crippen LogP contribution is -2.16. The lowest BCUT2D eigenvalue weighted by molar-refractivity contribution is -0.146. The maximum atomic E-state index is 13.8. The second kappa shape index (κ2) is 8.61. The van der Waals surface area contributed by atoms with E-state index in [1.165, 1.54) is 32.4 Å². The summed E-state index contributed by atoms with van der Waals surface area (Å²) in [5, 5.41) is 17.0. The number of rotatable bonds is 5. The molecule has 0 aliphatic carbocycles. The van der Waals surface area contributed by atoms with Gasteiger partial charge in [0.05, 0.1) is 19.9 Å². The summed E-state index contributed by atoms with van der Waals surface area (Å²) < 4.78 is 59.5. The van der Waals surface area contributed by atoms with Gasteiger partial charge in [-0.3, -0.25) is 4.57 Å². The first-order valence-corrected chi connectivity index (χ1v) is 9.97. The Hall–Kier alpha value is -2.82. The molecule has 32 heavy (non-hydrogen) atoms. The number of fused-ring (bicyclic) bond motifs is 3. The van der Waals surface area contributed by atoms with Crippen LogP contribution in [0.25, 0.3) is 5.69 Å². The molecule has 170 valence electrons. The van der Waals surface area contributed by atoms with Crippen molar-refractivity contribution >= 4 is 11.6 Å². The van der Waals surface area contributed by atoms with Crippen LogP contribution in [0.3, 0.4) is 0 Å². The van der Waals surface area contributed by atoms with Gasteiger partial charge >= 0.3 is 6.18 Å². The first-order valence-electron chi connectivity index (χ1n) is 9.59. The lowest BCUT2D eigenvalue weighted by atomic mass is 9.98. The van der Waals surface area contributed by atoms with Crippen molar-refractivity contribution in [2.24, 2.45) is 0 Å². The predicted molar refractivity (Wildman–Crippen MR) is 108 cm³/mol. The summed E-state index contributed by atoms with van der Waals surface area (Å²) in [5.74, 6) is -0.474. The summed E-state index contributed by atoms with van der Waals surface area (Å²) in [7, 11) is 2.94. The zero-order chi connectivity index (χ0) is 23.0. The summed E-state index contributed by atoms with van der Waals surface area (Å²) in [6.07, 6.45) is -6.65. The zero-order valence-electron chi connectivity index (χ0n) is 17.1. The van der Waals surface area contributed by atoms with Crippen molar-refractivity contribution in [1.29, 1.82) is 0 Å². The fourth-order valence-electron chi connectivity index (χ4n) is 3.84. The van der Waals surface area contributed by atoms with Gasteiger partial charge in [0, 0.05) is 29.2 Å². The van der Waals surface area contributed by atoms with Crippen LogP contribution in [0.5, 0.6) is 11.5 Å². The van der Waals surface area contributed by atoms with E-state index in [0.717, 1.165) is 4.57 Å². The van der Waals surface area contributed by atoms with E-state index in [-0.39, 0.29) is 24.5 Å². The molecule has 11 heteroatoms. The number of hydrogen-bond acceptors (Lipinski definition) is 6. The number of aliphatic hydroxyl groups is 1. The molecule has 0 bridgehead atoms. The Morgan fingerprint density at radius 3 is 2.56 bits per heavy atom. The van der Waals surface area contributed by atoms with E-state index in [0.29, 0.717) is 27.6 Å². The van der Waals surface area contributed by atoms with E-state index in [9.17, 15) is 18.3 Å². The molecular weight excluding hydrogens is 451 g/mol. The summed E-state index contributed by atoms with van der Waals surface area (Å²) >= 11 is 6.23. The van der Waals surface area contributed by atoms with Crippen molar-refractivity contribution in [1.82, 2.24) is 14.8 Å². The molecule has 1 aromatic heterocycles. The molecule has 0 saturated heterocycles. The summed E-state index contributed by atoms with van der Waals surface area (Å²) in [5.41, 5.74) is 1.04. The smallest absolute Gasteiger partial charge is 0.452 e. The number of para-hydroxylation sites is 1. The summed E-state index contributed by atoms with van der Waals surface area (Å²) in [6.45, 7) is -0.335. The molecule has 0 spiro atoms. The Bertz CT molecular complexity index is 1140. The molecule has 1 aliphatic rings. The number of benzene rings is 2. The Kier molecular flexibility index (Phi) is 6.02. The number of aliphatic hydroxyl groups excluding tert-OH is 1. The van der Waals surface area contributed by atoms with Gasteiger partial charge in [0.15, 0.2) is 17.3 Å². The monoisotopic (exact) mass is 469 g/mol. The molecule has 4 rings (SSSR count). The number of methoxy groups -OCH3 is 2. The molecule has 3 aromatic rings. The van der Waals surface area contributed by atoms with E-state index < -0.39 is 24.2 Å². The lowest BCUT2D eigenvalue weighted by Gasteiger charge is -2.24. The average molecular weight is 470 g/mol. The van der Waals surface area contributed by atoms with E-state index in [1.54, 1.807) is 18.2 Å². The number of hydrogen-bond donors (Lipinski definition) is 1. The minimum atomic E-state index is -4.76. The normalized spacial score (nSPS) is 18.0. The number of aromatic nitrogens is 3. The second-order valence-electron chi connectivity index (χ2n) is 7.02. The SMILES string of the molecule is COc1cccc([C@@H]2O[C@@H](CCO)c3nnc(C(F)(F)F)n3-c3ccc(Cl)cc32)c1OC. The highest BCUT2D eigenvalue weighted by Crippen LogP contribution is 2.47. The topological polar surface area (TPSA) is 78.6 Å². The Labute approximate surface area is 186 Å². The third-order valence-corrected chi connectivity index (χ3v) is 5.39. The van der Waals surface area contributed by atoms with Crippen molar-refractivity contribution < 1.29 is 32.5 Å². The molecular formula is C21H19ClF3N3O4. The van der Waals surface area contributed by atoms with Crippen LogP contribution >= 0.6 is 11.6 Å². The fraction of sp³-hybridized carbons (Fsp3) is 0.333. The Balaban J connectivity index is 2.02. The van der Waals surface area contributed by atoms with Crippen molar-refractivity contribution in [2.75, 3.05) is 20.8 Å². The maximum absolute atomic E-state index is 13.8. The largest absolute Gasteiger partial charge is 0.493 e. The van der Waals surface area contributed by atoms with Crippen LogP contribution in [0.2, 0.25) is 5.02 Å². The number of nitrogens with zero attached hydrogens (tertiary/aromatic N) is 3. The highest BCUT2D eigenvalue weighted by Gasteiger charge is 2.43. The second-order valence-corrected chi connectivity index (χ2v) is 7.45. The van der Waals surface area contributed by atoms with Crippen LogP contribution in [-0.4, -0.2) is 40.7 Å². The highest BCUT2D eigenvalue weighted by atomic mass is 35.5. The van der Waals surface area contributed by atoms with Crippen molar-refractivity contribution in [3.8, 4) is 17.2 Å². The van der Waals surface area contributed by atoms with Gasteiger partial charge in [-0.25, -0.2) is 0 Å². The minimum absolute atomic E-state index is 0.000491. The molecule has 2 aromatic carbocycles. The number of halogens is 4. The maximum Gasteiger partial charge on any atom is 0.452 e. The van der Waals surface area contributed by atoms with E-state index in [4.69, 9.17) is 25.8 Å². The predicted octanol–water partition coefficient (Wildman–Crippen LogP) is 4.50. The van der Waals surface area contributed by atoms with Gasteiger partial charge < -0.3 is 19.3 Å². The minimum Gasteiger partial charge on any atom is -0.493 e. The zero-order valence-corrected chi connectivity index (χ0v) is 17.8. The van der Waals surface area contributed by atoms with Gasteiger partial charge in [0.25, 0.3) is 0 Å². The van der Waals surface area contributed by atoms with E-state index in [2.05, 4.69) is 10.2 Å². The average Bonchev–Trinajstić information content (AvgIpc) is 3.16. The van der Waals surface area contributed by atoms with Crippen LogP contribution in [0.15, 0.2) is 36.4 Å². The fourth-order valence-corrected chi connectivity index (χ4v) is 4.02. The first-order chi connectivity index (χ1) is 15.3. The molecule has 1 aliphatic heterocycles. The Morgan fingerprint density at radius 1 is 1.12 bits per heavy atom. The van der Waals surface area contributed by atoms with Crippen LogP contribution in [0, 0.1) is 0 Å². The van der Waals surface area contributed by atoms with Gasteiger partial charge in [-0.15, -0.1) is 10.2 Å². The Morgan fingerprint density at radius 2 is 1.91 bits per heavy atom. The van der Waals surface area contributed by atoms with Crippen molar-refractivity contribution in [3.63, 3.8) is 0 Å². The van der Waals surface area contributed by atoms with Gasteiger partial charge in [0.1, 0.15) is 12.2 Å². The molecule has 7 nitrogen and oxygen atoms in total. The van der Waals surface area contributed by atoms with Gasteiger partial charge in [-0.05, 0) is 24.3 Å². The summed E-state index contributed by atoms with van der Waals surface area (Å²) in [4.78, 5) is 0. The van der Waals surface area contributed by atoms with Gasteiger partial charge in [-0.2, -0.15) is 13.2 Å². The van der Waals surface area contributed by atoms with E-state index >= 15 is 0 Å². The van der Waals surface area contributed by atoms with Crippen LogP contribution in [0.4, 0.5) is 13.2 Å². The van der Waals surface area contributed by atoms with Crippen molar-refractivity contribution in [3.05, 3.63) is 64.2 Å². The quantitative estimate of drug-likeness (QED) is 0.593. The molecule has 0 saturated carbocycles. The standard InChI is InChI=1S/C21H19ClF3N3O4/c1-30-15-5-3-4-12(18(15)31-2)17-13-10-11(22)6-7-14(13)28-19(16(32-17)8-9-29)26-27-20(28)21(23,24)25/h3-7,10,16-17,29H,8-9H2,1-2H3/t16-,17-/m0/s1. The number of ether oxygens (including phenoxy) is 3. The molecule has 1 N–H and O–H groups in total. The van der Waals surface area contributed by atoms with E-state index in [1.807, 2.05) is 0 Å². The van der Waals surface area contributed by atoms with Crippen LogP contribution in [-0.2, 0) is 10.9 Å². The van der Waals surface area contributed by atoms with Gasteiger partial charge in [-0.1, -0.05) is 23.7 Å². The molecule has 0 radical (unpaired) electrons. The third-order valence-electron chi connectivity index (χ3n) is 5.15.